The van der Waals surface area contributed by atoms with Crippen LogP contribution in [0.15, 0.2) is 17.0 Å². The van der Waals surface area contributed by atoms with Gasteiger partial charge in [0.05, 0.1) is 7.11 Å². The van der Waals surface area contributed by atoms with Crippen LogP contribution in [0.4, 0.5) is 14.5 Å². The van der Waals surface area contributed by atoms with Gasteiger partial charge >= 0.3 is 5.97 Å². The SMILES string of the molecule is COC(=O)CNS(=O)(=O)c1c(F)cc(N)cc1F. The van der Waals surface area contributed by atoms with Crippen molar-refractivity contribution in [2.45, 2.75) is 4.90 Å². The van der Waals surface area contributed by atoms with Gasteiger partial charge in [0.1, 0.15) is 18.2 Å². The molecule has 0 saturated carbocycles. The molecule has 0 aromatic heterocycles. The van der Waals surface area contributed by atoms with Gasteiger partial charge in [-0.15, -0.1) is 0 Å². The number of rotatable bonds is 4. The van der Waals surface area contributed by atoms with Crippen molar-refractivity contribution >= 4 is 21.7 Å². The molecular formula is C9H10F2N2O4S. The van der Waals surface area contributed by atoms with Crippen LogP contribution in [0.1, 0.15) is 0 Å². The minimum Gasteiger partial charge on any atom is -0.468 e. The highest BCUT2D eigenvalue weighted by Gasteiger charge is 2.25. The Labute approximate surface area is 102 Å². The fourth-order valence-corrected chi connectivity index (χ4v) is 2.22. The molecule has 0 fully saturated rings. The number of carbonyl (C=O) groups excluding carboxylic acids is 1. The van der Waals surface area contributed by atoms with Crippen LogP contribution in [0.2, 0.25) is 0 Å². The summed E-state index contributed by atoms with van der Waals surface area (Å²) >= 11 is 0. The summed E-state index contributed by atoms with van der Waals surface area (Å²) in [4.78, 5) is 9.56. The van der Waals surface area contributed by atoms with Crippen LogP contribution in [-0.4, -0.2) is 28.0 Å². The number of hydrogen-bond donors (Lipinski definition) is 2. The van der Waals surface area contributed by atoms with Crippen LogP contribution in [0.5, 0.6) is 0 Å². The van der Waals surface area contributed by atoms with E-state index in [4.69, 9.17) is 5.73 Å². The topological polar surface area (TPSA) is 98.5 Å². The Morgan fingerprint density at radius 2 is 1.89 bits per heavy atom. The van der Waals surface area contributed by atoms with E-state index in [0.717, 1.165) is 7.11 Å². The van der Waals surface area contributed by atoms with E-state index in [1.807, 2.05) is 0 Å². The summed E-state index contributed by atoms with van der Waals surface area (Å²) in [6.07, 6.45) is 0. The minimum absolute atomic E-state index is 0.253. The van der Waals surface area contributed by atoms with Crippen molar-refractivity contribution in [3.8, 4) is 0 Å². The highest BCUT2D eigenvalue weighted by Crippen LogP contribution is 2.21. The van der Waals surface area contributed by atoms with Crippen molar-refractivity contribution < 1.29 is 26.7 Å². The van der Waals surface area contributed by atoms with Crippen molar-refractivity contribution in [1.29, 1.82) is 0 Å². The second-order valence-electron chi connectivity index (χ2n) is 3.21. The molecule has 0 bridgehead atoms. The van der Waals surface area contributed by atoms with Gasteiger partial charge in [-0.3, -0.25) is 4.79 Å². The third kappa shape index (κ3) is 3.14. The Balaban J connectivity index is 3.10. The Morgan fingerprint density at radius 3 is 2.33 bits per heavy atom. The number of halogens is 2. The molecule has 0 heterocycles. The molecule has 1 aromatic rings. The standard InChI is InChI=1S/C9H10F2N2O4S/c1-17-8(14)4-13-18(15,16)9-6(10)2-5(12)3-7(9)11/h2-3,13H,4,12H2,1H3. The van der Waals surface area contributed by atoms with Gasteiger partial charge in [0.2, 0.25) is 10.0 Å². The summed E-state index contributed by atoms with van der Waals surface area (Å²) in [7, 11) is -3.46. The molecule has 0 unspecified atom stereocenters. The average Bonchev–Trinajstić information content (AvgIpc) is 2.24. The van der Waals surface area contributed by atoms with Crippen molar-refractivity contribution in [3.63, 3.8) is 0 Å². The molecule has 0 spiro atoms. The second kappa shape index (κ2) is 5.27. The van der Waals surface area contributed by atoms with Crippen molar-refractivity contribution in [2.75, 3.05) is 19.4 Å². The molecule has 6 nitrogen and oxygen atoms in total. The summed E-state index contributed by atoms with van der Waals surface area (Å²) in [5.41, 5.74) is 4.89. The van der Waals surface area contributed by atoms with Crippen LogP contribution in [0.25, 0.3) is 0 Å². The average molecular weight is 280 g/mol. The van der Waals surface area contributed by atoms with Crippen molar-refractivity contribution in [2.24, 2.45) is 0 Å². The van der Waals surface area contributed by atoms with E-state index in [1.54, 1.807) is 4.72 Å². The maximum Gasteiger partial charge on any atom is 0.320 e. The number of benzene rings is 1. The third-order valence-corrected chi connectivity index (χ3v) is 3.38. The van der Waals surface area contributed by atoms with Crippen molar-refractivity contribution in [3.05, 3.63) is 23.8 Å². The lowest BCUT2D eigenvalue weighted by Gasteiger charge is -2.08. The molecule has 100 valence electrons. The number of nitrogens with two attached hydrogens (primary N) is 1. The predicted octanol–water partition coefficient (Wildman–Crippen LogP) is -0.00170. The van der Waals surface area contributed by atoms with E-state index in [-0.39, 0.29) is 5.69 Å². The van der Waals surface area contributed by atoms with Crippen molar-refractivity contribution in [1.82, 2.24) is 4.72 Å². The quantitative estimate of drug-likeness (QED) is 0.597. The minimum atomic E-state index is -4.50. The smallest absolute Gasteiger partial charge is 0.320 e. The van der Waals surface area contributed by atoms with Gasteiger partial charge in [-0.25, -0.2) is 17.2 Å². The van der Waals surface area contributed by atoms with Crippen LogP contribution in [0, 0.1) is 11.6 Å². The summed E-state index contributed by atoms with van der Waals surface area (Å²) in [6, 6.07) is 1.32. The second-order valence-corrected chi connectivity index (χ2v) is 4.92. The van der Waals surface area contributed by atoms with Crippen LogP contribution >= 0.6 is 0 Å². The van der Waals surface area contributed by atoms with Crippen LogP contribution in [-0.2, 0) is 19.6 Å². The third-order valence-electron chi connectivity index (χ3n) is 1.92. The molecule has 0 radical (unpaired) electrons. The summed E-state index contributed by atoms with van der Waals surface area (Å²) in [5.74, 6) is -3.58. The number of esters is 1. The normalized spacial score (nSPS) is 11.3. The van der Waals surface area contributed by atoms with Gasteiger partial charge in [-0.1, -0.05) is 0 Å². The zero-order valence-corrected chi connectivity index (χ0v) is 10.1. The monoisotopic (exact) mass is 280 g/mol. The summed E-state index contributed by atoms with van der Waals surface area (Å²) in [6.45, 7) is -0.734. The Hall–Kier alpha value is -1.74. The lowest BCUT2D eigenvalue weighted by Crippen LogP contribution is -2.31. The first-order valence-corrected chi connectivity index (χ1v) is 6.07. The van der Waals surface area contributed by atoms with E-state index in [0.29, 0.717) is 12.1 Å². The molecule has 9 heteroatoms. The molecule has 1 aromatic carbocycles. The molecule has 3 N–H and O–H groups in total. The number of methoxy groups -OCH3 is 1. The zero-order chi connectivity index (χ0) is 13.9. The number of nitrogens with one attached hydrogen (secondary N) is 1. The molecule has 0 saturated heterocycles. The predicted molar refractivity (Wildman–Crippen MR) is 58.0 cm³/mol. The molecule has 0 aliphatic carbocycles. The molecular weight excluding hydrogens is 270 g/mol. The number of anilines is 1. The lowest BCUT2D eigenvalue weighted by atomic mass is 10.3. The molecule has 0 amide bonds. The molecule has 0 atom stereocenters. The van der Waals surface area contributed by atoms with Gasteiger partial charge in [0.15, 0.2) is 4.90 Å². The van der Waals surface area contributed by atoms with Gasteiger partial charge in [-0.05, 0) is 12.1 Å². The number of nitrogen functional groups attached to an aromatic ring is 1. The van der Waals surface area contributed by atoms with Gasteiger partial charge in [-0.2, -0.15) is 4.72 Å². The number of ether oxygens (including phenoxy) is 1. The number of hydrogen-bond acceptors (Lipinski definition) is 5. The molecule has 18 heavy (non-hydrogen) atoms. The van der Waals surface area contributed by atoms with Gasteiger partial charge < -0.3 is 10.5 Å². The highest BCUT2D eigenvalue weighted by molar-refractivity contribution is 7.89. The van der Waals surface area contributed by atoms with E-state index < -0.39 is 39.1 Å². The van der Waals surface area contributed by atoms with E-state index in [9.17, 15) is 22.0 Å². The van der Waals surface area contributed by atoms with E-state index in [1.165, 1.54) is 0 Å². The first-order chi connectivity index (χ1) is 8.27. The first-order valence-electron chi connectivity index (χ1n) is 4.59. The number of carbonyl (C=O) groups is 1. The Kier molecular flexibility index (Phi) is 4.19. The molecule has 0 aliphatic heterocycles. The molecule has 0 aliphatic rings. The maximum absolute atomic E-state index is 13.4. The Bertz CT molecular complexity index is 551. The lowest BCUT2D eigenvalue weighted by molar-refractivity contribution is -0.139. The fourth-order valence-electron chi connectivity index (χ4n) is 1.13. The fraction of sp³-hybridized carbons (Fsp3) is 0.222. The van der Waals surface area contributed by atoms with Crippen LogP contribution < -0.4 is 10.5 Å². The summed E-state index contributed by atoms with van der Waals surface area (Å²) < 4.78 is 55.7. The largest absolute Gasteiger partial charge is 0.468 e. The maximum atomic E-state index is 13.4. The van der Waals surface area contributed by atoms with Gasteiger partial charge in [0.25, 0.3) is 0 Å². The Morgan fingerprint density at radius 1 is 1.39 bits per heavy atom. The molecule has 1 rings (SSSR count). The van der Waals surface area contributed by atoms with Gasteiger partial charge in [0, 0.05) is 5.69 Å². The van der Waals surface area contributed by atoms with E-state index in [2.05, 4.69) is 4.74 Å². The first kappa shape index (κ1) is 14.3. The van der Waals surface area contributed by atoms with E-state index >= 15 is 0 Å². The number of sulfonamides is 1. The zero-order valence-electron chi connectivity index (χ0n) is 9.24. The summed E-state index contributed by atoms with van der Waals surface area (Å²) in [5, 5.41) is 0. The van der Waals surface area contributed by atoms with Crippen LogP contribution in [0.3, 0.4) is 0 Å². The highest BCUT2D eigenvalue weighted by atomic mass is 32.2.